The first-order valence-electron chi connectivity index (χ1n) is 8.02. The highest BCUT2D eigenvalue weighted by atomic mass is 19.1. The van der Waals surface area contributed by atoms with Gasteiger partial charge < -0.3 is 10.1 Å². The third-order valence-corrected chi connectivity index (χ3v) is 4.11. The van der Waals surface area contributed by atoms with Gasteiger partial charge in [-0.2, -0.15) is 0 Å². The molecule has 0 bridgehead atoms. The second kappa shape index (κ2) is 6.44. The van der Waals surface area contributed by atoms with Crippen molar-refractivity contribution in [3.63, 3.8) is 0 Å². The van der Waals surface area contributed by atoms with E-state index >= 15 is 0 Å². The van der Waals surface area contributed by atoms with Crippen molar-refractivity contribution < 1.29 is 13.9 Å². The largest absolute Gasteiger partial charge is 0.507 e. The predicted molar refractivity (Wildman–Crippen MR) is 96.5 cm³/mol. The van der Waals surface area contributed by atoms with Crippen molar-refractivity contribution in [2.75, 3.05) is 0 Å². The minimum Gasteiger partial charge on any atom is -0.507 e. The second-order valence-electron chi connectivity index (χ2n) is 5.84. The summed E-state index contributed by atoms with van der Waals surface area (Å²) in [6.45, 7) is 0. The van der Waals surface area contributed by atoms with Gasteiger partial charge in [0.2, 0.25) is 0 Å². The highest BCUT2D eigenvalue weighted by Crippen LogP contribution is 2.35. The van der Waals surface area contributed by atoms with Crippen molar-refractivity contribution in [3.8, 4) is 39.7 Å². The molecular weight excluding hydrogens is 334 g/mol. The number of phenolic OH excluding ortho intramolecular Hbond substituents is 1. The summed E-state index contributed by atoms with van der Waals surface area (Å²) < 4.78 is 26.6. The van der Waals surface area contributed by atoms with E-state index in [1.165, 1.54) is 24.3 Å². The molecule has 0 fully saturated rings. The Morgan fingerprint density at radius 2 is 1.31 bits per heavy atom. The standard InChI is InChI=1S/C21H14F2N2O/c22-15-9-5-13(6-10-15)19-20(14-7-11-16(23)12-8-14)25-21(24-19)17-3-1-2-4-18(17)26/h1-12,26H,(H,24,25). The summed E-state index contributed by atoms with van der Waals surface area (Å²) in [6, 6.07) is 18.8. The van der Waals surface area contributed by atoms with Gasteiger partial charge in [0.15, 0.2) is 0 Å². The fourth-order valence-electron chi connectivity index (χ4n) is 2.82. The van der Waals surface area contributed by atoms with Crippen molar-refractivity contribution in [1.29, 1.82) is 0 Å². The minimum atomic E-state index is -0.339. The van der Waals surface area contributed by atoms with E-state index in [1.54, 1.807) is 48.5 Å². The third-order valence-electron chi connectivity index (χ3n) is 4.11. The van der Waals surface area contributed by atoms with Crippen molar-refractivity contribution in [1.82, 2.24) is 9.97 Å². The predicted octanol–water partition coefficient (Wildman–Crippen LogP) is 5.39. The van der Waals surface area contributed by atoms with Crippen molar-refractivity contribution in [2.24, 2.45) is 0 Å². The van der Waals surface area contributed by atoms with Crippen LogP contribution >= 0.6 is 0 Å². The molecule has 26 heavy (non-hydrogen) atoms. The fraction of sp³-hybridized carbons (Fsp3) is 0. The molecule has 0 unspecified atom stereocenters. The van der Waals surface area contributed by atoms with Gasteiger partial charge in [-0.05, 0) is 60.7 Å². The minimum absolute atomic E-state index is 0.0950. The van der Waals surface area contributed by atoms with Crippen LogP contribution in [0.1, 0.15) is 0 Å². The Bertz CT molecular complexity index is 991. The molecule has 1 heterocycles. The van der Waals surface area contributed by atoms with Crippen LogP contribution in [0.15, 0.2) is 72.8 Å². The molecule has 3 nitrogen and oxygen atoms in total. The van der Waals surface area contributed by atoms with Gasteiger partial charge >= 0.3 is 0 Å². The Kier molecular flexibility index (Phi) is 3.97. The Morgan fingerprint density at radius 1 is 0.731 bits per heavy atom. The normalized spacial score (nSPS) is 10.8. The zero-order chi connectivity index (χ0) is 18.1. The molecule has 0 atom stereocenters. The van der Waals surface area contributed by atoms with Gasteiger partial charge in [0.25, 0.3) is 0 Å². The SMILES string of the molecule is Oc1ccccc1-c1nc(-c2ccc(F)cc2)c(-c2ccc(F)cc2)[nH]1. The zero-order valence-corrected chi connectivity index (χ0v) is 13.6. The molecule has 0 aliphatic carbocycles. The molecule has 4 aromatic rings. The molecule has 0 radical (unpaired) electrons. The number of aromatic nitrogens is 2. The fourth-order valence-corrected chi connectivity index (χ4v) is 2.82. The number of para-hydroxylation sites is 1. The number of H-pyrrole nitrogens is 1. The lowest BCUT2D eigenvalue weighted by Crippen LogP contribution is -1.85. The monoisotopic (exact) mass is 348 g/mol. The summed E-state index contributed by atoms with van der Waals surface area (Å²) in [4.78, 5) is 7.81. The van der Waals surface area contributed by atoms with Crippen molar-refractivity contribution in [2.45, 2.75) is 0 Å². The number of nitrogens with zero attached hydrogens (tertiary/aromatic N) is 1. The average molecular weight is 348 g/mol. The van der Waals surface area contributed by atoms with E-state index < -0.39 is 0 Å². The number of halogens is 2. The maximum Gasteiger partial charge on any atom is 0.142 e. The van der Waals surface area contributed by atoms with Crippen LogP contribution in [0.3, 0.4) is 0 Å². The van der Waals surface area contributed by atoms with E-state index in [0.717, 1.165) is 5.56 Å². The molecule has 0 aliphatic rings. The van der Waals surface area contributed by atoms with Gasteiger partial charge in [-0.25, -0.2) is 13.8 Å². The number of phenols is 1. The van der Waals surface area contributed by atoms with Crippen LogP contribution in [-0.4, -0.2) is 15.1 Å². The molecular formula is C21H14F2N2O. The van der Waals surface area contributed by atoms with Crippen LogP contribution in [0, 0.1) is 11.6 Å². The topological polar surface area (TPSA) is 48.9 Å². The Morgan fingerprint density at radius 3 is 1.92 bits per heavy atom. The smallest absolute Gasteiger partial charge is 0.142 e. The van der Waals surface area contributed by atoms with Crippen LogP contribution in [-0.2, 0) is 0 Å². The number of aromatic hydroxyl groups is 1. The third kappa shape index (κ3) is 2.95. The molecule has 128 valence electrons. The van der Waals surface area contributed by atoms with Gasteiger partial charge in [0.05, 0.1) is 17.0 Å². The van der Waals surface area contributed by atoms with Crippen LogP contribution in [0.2, 0.25) is 0 Å². The molecule has 3 aromatic carbocycles. The summed E-state index contributed by atoms with van der Waals surface area (Å²) >= 11 is 0. The first-order chi connectivity index (χ1) is 12.6. The number of imidazole rings is 1. The summed E-state index contributed by atoms with van der Waals surface area (Å²) in [7, 11) is 0. The number of hydrogen-bond donors (Lipinski definition) is 2. The Hall–Kier alpha value is -3.47. The lowest BCUT2D eigenvalue weighted by Gasteiger charge is -2.03. The van der Waals surface area contributed by atoms with Crippen LogP contribution in [0.4, 0.5) is 8.78 Å². The van der Waals surface area contributed by atoms with Crippen molar-refractivity contribution in [3.05, 3.63) is 84.4 Å². The first kappa shape index (κ1) is 16.0. The van der Waals surface area contributed by atoms with Crippen LogP contribution < -0.4 is 0 Å². The van der Waals surface area contributed by atoms with Gasteiger partial charge in [-0.3, -0.25) is 0 Å². The number of hydrogen-bond acceptors (Lipinski definition) is 2. The van der Waals surface area contributed by atoms with E-state index in [0.29, 0.717) is 28.3 Å². The first-order valence-corrected chi connectivity index (χ1v) is 8.02. The lowest BCUT2D eigenvalue weighted by atomic mass is 10.1. The maximum atomic E-state index is 13.3. The highest BCUT2D eigenvalue weighted by Gasteiger charge is 2.17. The number of rotatable bonds is 3. The van der Waals surface area contributed by atoms with Gasteiger partial charge in [0.1, 0.15) is 23.2 Å². The average Bonchev–Trinajstić information content (AvgIpc) is 3.08. The van der Waals surface area contributed by atoms with Gasteiger partial charge in [0, 0.05) is 11.1 Å². The van der Waals surface area contributed by atoms with Gasteiger partial charge in [-0.15, -0.1) is 0 Å². The quantitative estimate of drug-likeness (QED) is 0.521. The molecule has 0 amide bonds. The van der Waals surface area contributed by atoms with Crippen LogP contribution in [0.25, 0.3) is 33.9 Å². The van der Waals surface area contributed by atoms with E-state index in [-0.39, 0.29) is 17.4 Å². The molecule has 0 saturated heterocycles. The summed E-state index contributed by atoms with van der Waals surface area (Å²) in [5.74, 6) is -0.106. The second-order valence-corrected chi connectivity index (χ2v) is 5.84. The molecule has 1 aromatic heterocycles. The number of nitrogens with one attached hydrogen (secondary N) is 1. The Labute approximate surface area is 148 Å². The lowest BCUT2D eigenvalue weighted by molar-refractivity contribution is 0.477. The summed E-state index contributed by atoms with van der Waals surface area (Å²) in [5, 5.41) is 10.1. The maximum absolute atomic E-state index is 13.3. The molecule has 2 N–H and O–H groups in total. The summed E-state index contributed by atoms with van der Waals surface area (Å²) in [5.41, 5.74) is 3.25. The molecule has 5 heteroatoms. The zero-order valence-electron chi connectivity index (χ0n) is 13.6. The van der Waals surface area contributed by atoms with E-state index in [2.05, 4.69) is 9.97 Å². The number of aromatic amines is 1. The number of benzene rings is 3. The van der Waals surface area contributed by atoms with E-state index in [1.807, 2.05) is 0 Å². The van der Waals surface area contributed by atoms with Gasteiger partial charge in [-0.1, -0.05) is 12.1 Å². The molecule has 0 spiro atoms. The summed E-state index contributed by atoms with van der Waals surface area (Å²) in [6.07, 6.45) is 0. The van der Waals surface area contributed by atoms with Crippen molar-refractivity contribution >= 4 is 0 Å². The van der Waals surface area contributed by atoms with E-state index in [9.17, 15) is 13.9 Å². The van der Waals surface area contributed by atoms with Crippen LogP contribution in [0.5, 0.6) is 5.75 Å². The molecule has 0 aliphatic heterocycles. The molecule has 4 rings (SSSR count). The van der Waals surface area contributed by atoms with E-state index in [4.69, 9.17) is 0 Å². The highest BCUT2D eigenvalue weighted by molar-refractivity contribution is 5.82. The Balaban J connectivity index is 1.92. The molecule has 0 saturated carbocycles.